The molecule has 0 heterocycles. The molecule has 4 heteroatoms. The fourth-order valence-electron chi connectivity index (χ4n) is 1.46. The Balaban J connectivity index is 2.26. The number of ether oxygens (including phenoxy) is 1. The summed E-state index contributed by atoms with van der Waals surface area (Å²) >= 11 is 0. The van der Waals surface area contributed by atoms with Crippen LogP contribution >= 0.6 is 0 Å². The molecule has 1 aromatic rings. The molecule has 1 aromatic carbocycles. The van der Waals surface area contributed by atoms with Crippen molar-refractivity contribution in [1.29, 1.82) is 0 Å². The lowest BCUT2D eigenvalue weighted by Gasteiger charge is -2.13. The van der Waals surface area contributed by atoms with Gasteiger partial charge in [0.1, 0.15) is 5.82 Å². The molecule has 3 nitrogen and oxygen atoms in total. The summed E-state index contributed by atoms with van der Waals surface area (Å²) in [5, 5.41) is 12.8. The number of hydrogen-bond donors (Lipinski definition) is 2. The molecular weight excluding hydrogens is 221 g/mol. The normalized spacial score (nSPS) is 13.0. The molecule has 96 valence electrons. The largest absolute Gasteiger partial charge is 0.387 e. The molecule has 0 saturated carbocycles. The van der Waals surface area contributed by atoms with E-state index in [4.69, 9.17) is 4.74 Å². The van der Waals surface area contributed by atoms with Gasteiger partial charge in [-0.15, -0.1) is 0 Å². The smallest absolute Gasteiger partial charge is 0.129 e. The van der Waals surface area contributed by atoms with E-state index >= 15 is 0 Å². The van der Waals surface area contributed by atoms with E-state index in [1.54, 1.807) is 18.2 Å². The van der Waals surface area contributed by atoms with E-state index in [2.05, 4.69) is 5.32 Å². The van der Waals surface area contributed by atoms with Gasteiger partial charge in [0.25, 0.3) is 0 Å². The van der Waals surface area contributed by atoms with Gasteiger partial charge in [-0.3, -0.25) is 0 Å². The molecule has 0 aliphatic carbocycles. The van der Waals surface area contributed by atoms with Crippen molar-refractivity contribution in [3.63, 3.8) is 0 Å². The average molecular weight is 241 g/mol. The lowest BCUT2D eigenvalue weighted by Crippen LogP contribution is -2.26. The van der Waals surface area contributed by atoms with Crippen molar-refractivity contribution in [2.75, 3.05) is 19.7 Å². The molecular formula is C13H20FNO2. The minimum atomic E-state index is -0.824. The van der Waals surface area contributed by atoms with Crippen LogP contribution in [0.1, 0.15) is 25.5 Å². The molecule has 0 radical (unpaired) electrons. The van der Waals surface area contributed by atoms with Gasteiger partial charge in [-0.1, -0.05) is 18.2 Å². The first kappa shape index (κ1) is 14.1. The summed E-state index contributed by atoms with van der Waals surface area (Å²) in [5.41, 5.74) is 0.324. The van der Waals surface area contributed by atoms with Crippen molar-refractivity contribution in [1.82, 2.24) is 5.32 Å². The monoisotopic (exact) mass is 241 g/mol. The van der Waals surface area contributed by atoms with Crippen LogP contribution in [0.15, 0.2) is 24.3 Å². The van der Waals surface area contributed by atoms with Crippen molar-refractivity contribution in [3.8, 4) is 0 Å². The molecule has 0 spiro atoms. The van der Waals surface area contributed by atoms with Gasteiger partial charge in [-0.2, -0.15) is 0 Å². The van der Waals surface area contributed by atoms with Gasteiger partial charge >= 0.3 is 0 Å². The summed E-state index contributed by atoms with van der Waals surface area (Å²) in [6.07, 6.45) is -0.622. The van der Waals surface area contributed by atoms with Crippen molar-refractivity contribution >= 4 is 0 Å². The Labute approximate surface area is 102 Å². The van der Waals surface area contributed by atoms with Crippen LogP contribution in [0, 0.1) is 5.82 Å². The zero-order valence-corrected chi connectivity index (χ0v) is 10.3. The zero-order chi connectivity index (χ0) is 12.7. The predicted molar refractivity (Wildman–Crippen MR) is 65.3 cm³/mol. The van der Waals surface area contributed by atoms with Crippen LogP contribution in [0.25, 0.3) is 0 Å². The second-order valence-electron chi connectivity index (χ2n) is 4.16. The predicted octanol–water partition coefficient (Wildman–Crippen LogP) is 1.87. The van der Waals surface area contributed by atoms with E-state index < -0.39 is 6.10 Å². The maximum absolute atomic E-state index is 13.3. The Hall–Kier alpha value is -0.970. The SMILES string of the molecule is CC(C)OCCNCC(O)c1ccccc1F. The highest BCUT2D eigenvalue weighted by Gasteiger charge is 2.11. The first-order chi connectivity index (χ1) is 8.11. The molecule has 0 saturated heterocycles. The molecule has 0 bridgehead atoms. The van der Waals surface area contributed by atoms with Gasteiger partial charge in [0.2, 0.25) is 0 Å². The summed E-state index contributed by atoms with van der Waals surface area (Å²) in [7, 11) is 0. The van der Waals surface area contributed by atoms with Crippen LogP contribution in [-0.2, 0) is 4.74 Å². The van der Waals surface area contributed by atoms with Crippen LogP contribution in [0.3, 0.4) is 0 Å². The van der Waals surface area contributed by atoms with Gasteiger partial charge in [0.05, 0.1) is 18.8 Å². The van der Waals surface area contributed by atoms with E-state index in [1.807, 2.05) is 13.8 Å². The second-order valence-corrected chi connectivity index (χ2v) is 4.16. The number of halogens is 1. The molecule has 0 aliphatic rings. The van der Waals surface area contributed by atoms with Gasteiger partial charge in [-0.25, -0.2) is 4.39 Å². The van der Waals surface area contributed by atoms with Crippen molar-refractivity contribution < 1.29 is 14.2 Å². The number of aliphatic hydroxyl groups excluding tert-OH is 1. The third-order valence-corrected chi connectivity index (χ3v) is 2.33. The maximum Gasteiger partial charge on any atom is 0.129 e. The van der Waals surface area contributed by atoms with E-state index in [-0.39, 0.29) is 11.9 Å². The molecule has 1 unspecified atom stereocenters. The quantitative estimate of drug-likeness (QED) is 0.716. The van der Waals surface area contributed by atoms with Crippen LogP contribution < -0.4 is 5.32 Å². The Morgan fingerprint density at radius 3 is 2.71 bits per heavy atom. The summed E-state index contributed by atoms with van der Waals surface area (Å²) in [6, 6.07) is 6.26. The Bertz CT molecular complexity index is 331. The fourth-order valence-corrected chi connectivity index (χ4v) is 1.46. The molecule has 17 heavy (non-hydrogen) atoms. The van der Waals surface area contributed by atoms with E-state index in [9.17, 15) is 9.50 Å². The van der Waals surface area contributed by atoms with Crippen LogP contribution in [-0.4, -0.2) is 30.9 Å². The van der Waals surface area contributed by atoms with Crippen molar-refractivity contribution in [2.24, 2.45) is 0 Å². The van der Waals surface area contributed by atoms with Crippen LogP contribution in [0.2, 0.25) is 0 Å². The van der Waals surface area contributed by atoms with Crippen LogP contribution in [0.5, 0.6) is 0 Å². The summed E-state index contributed by atoms with van der Waals surface area (Å²) in [5.74, 6) is -0.375. The minimum Gasteiger partial charge on any atom is -0.387 e. The number of rotatable bonds is 7. The zero-order valence-electron chi connectivity index (χ0n) is 10.3. The lowest BCUT2D eigenvalue weighted by atomic mass is 10.1. The average Bonchev–Trinajstić information content (AvgIpc) is 2.28. The molecule has 1 atom stereocenters. The van der Waals surface area contributed by atoms with Gasteiger partial charge in [0, 0.05) is 18.7 Å². The lowest BCUT2D eigenvalue weighted by molar-refractivity contribution is 0.0780. The first-order valence-corrected chi connectivity index (χ1v) is 5.86. The maximum atomic E-state index is 13.3. The molecule has 1 rings (SSSR count). The van der Waals surface area contributed by atoms with E-state index in [1.165, 1.54) is 6.07 Å². The number of nitrogens with one attached hydrogen (secondary N) is 1. The molecule has 0 aliphatic heterocycles. The Morgan fingerprint density at radius 1 is 1.35 bits per heavy atom. The Morgan fingerprint density at radius 2 is 2.06 bits per heavy atom. The van der Waals surface area contributed by atoms with Gasteiger partial charge in [-0.05, 0) is 19.9 Å². The third-order valence-electron chi connectivity index (χ3n) is 2.33. The van der Waals surface area contributed by atoms with Gasteiger partial charge in [0.15, 0.2) is 0 Å². The number of aliphatic hydroxyl groups is 1. The summed E-state index contributed by atoms with van der Waals surface area (Å²) in [6.45, 7) is 5.48. The molecule has 2 N–H and O–H groups in total. The standard InChI is InChI=1S/C13H20FNO2/c1-10(2)17-8-7-15-9-13(16)11-5-3-4-6-12(11)14/h3-6,10,13,15-16H,7-9H2,1-2H3. The second kappa shape index (κ2) is 7.37. The fraction of sp³-hybridized carbons (Fsp3) is 0.538. The topological polar surface area (TPSA) is 41.5 Å². The highest BCUT2D eigenvalue weighted by molar-refractivity contribution is 5.19. The van der Waals surface area contributed by atoms with Gasteiger partial charge < -0.3 is 15.2 Å². The highest BCUT2D eigenvalue weighted by Crippen LogP contribution is 2.15. The first-order valence-electron chi connectivity index (χ1n) is 5.86. The molecule has 0 amide bonds. The van der Waals surface area contributed by atoms with E-state index in [0.29, 0.717) is 25.3 Å². The van der Waals surface area contributed by atoms with Crippen molar-refractivity contribution in [2.45, 2.75) is 26.1 Å². The van der Waals surface area contributed by atoms with Crippen molar-refractivity contribution in [3.05, 3.63) is 35.6 Å². The minimum absolute atomic E-state index is 0.202. The third kappa shape index (κ3) is 5.26. The summed E-state index contributed by atoms with van der Waals surface area (Å²) in [4.78, 5) is 0. The molecule has 0 aromatic heterocycles. The van der Waals surface area contributed by atoms with Crippen LogP contribution in [0.4, 0.5) is 4.39 Å². The number of benzene rings is 1. The number of hydrogen-bond acceptors (Lipinski definition) is 3. The molecule has 0 fully saturated rings. The summed E-state index contributed by atoms with van der Waals surface area (Å²) < 4.78 is 18.6. The van der Waals surface area contributed by atoms with E-state index in [0.717, 1.165) is 0 Å². The highest BCUT2D eigenvalue weighted by atomic mass is 19.1. The Kier molecular flexibility index (Phi) is 6.11.